The highest BCUT2D eigenvalue weighted by molar-refractivity contribution is 5.44. The Kier molecular flexibility index (Phi) is 4.79. The number of hydrogen-bond acceptors (Lipinski definition) is 4. The fourth-order valence-corrected chi connectivity index (χ4v) is 1.96. The van der Waals surface area contributed by atoms with Gasteiger partial charge in [-0.05, 0) is 17.7 Å². The van der Waals surface area contributed by atoms with Crippen LogP contribution in [0.2, 0.25) is 0 Å². The number of nitrogens with one attached hydrogen (secondary N) is 1. The van der Waals surface area contributed by atoms with Crippen LogP contribution in [0.15, 0.2) is 24.3 Å². The Labute approximate surface area is 103 Å². The summed E-state index contributed by atoms with van der Waals surface area (Å²) >= 11 is 0. The Morgan fingerprint density at radius 1 is 1.18 bits per heavy atom. The number of rotatable bonds is 5. The maximum Gasteiger partial charge on any atom is 0.0594 e. The third kappa shape index (κ3) is 4.00. The number of benzene rings is 1. The van der Waals surface area contributed by atoms with E-state index in [1.807, 2.05) is 0 Å². The average molecular weight is 235 g/mol. The number of ether oxygens (including phenoxy) is 1. The monoisotopic (exact) mass is 235 g/mol. The highest BCUT2D eigenvalue weighted by atomic mass is 16.5. The van der Waals surface area contributed by atoms with Crippen molar-refractivity contribution in [3.8, 4) is 0 Å². The van der Waals surface area contributed by atoms with Crippen LogP contribution >= 0.6 is 0 Å². The molecule has 4 heteroatoms. The van der Waals surface area contributed by atoms with E-state index in [-0.39, 0.29) is 0 Å². The Morgan fingerprint density at radius 2 is 1.88 bits per heavy atom. The van der Waals surface area contributed by atoms with Gasteiger partial charge in [-0.25, -0.2) is 0 Å². The minimum Gasteiger partial charge on any atom is -0.384 e. The lowest BCUT2D eigenvalue weighted by atomic mass is 10.2. The second-order valence-electron chi connectivity index (χ2n) is 4.30. The zero-order valence-electron chi connectivity index (χ0n) is 10.2. The molecule has 1 aromatic rings. The number of nitrogens with two attached hydrogens (primary N) is 1. The van der Waals surface area contributed by atoms with Crippen molar-refractivity contribution in [3.05, 3.63) is 29.8 Å². The lowest BCUT2D eigenvalue weighted by Crippen LogP contribution is -2.35. The van der Waals surface area contributed by atoms with Gasteiger partial charge >= 0.3 is 0 Å². The molecule has 17 heavy (non-hydrogen) atoms. The van der Waals surface area contributed by atoms with Crippen molar-refractivity contribution < 1.29 is 4.74 Å². The van der Waals surface area contributed by atoms with Crippen LogP contribution in [-0.2, 0) is 11.3 Å². The van der Waals surface area contributed by atoms with Crippen LogP contribution in [0.25, 0.3) is 0 Å². The van der Waals surface area contributed by atoms with Crippen LogP contribution in [0.1, 0.15) is 5.56 Å². The molecule has 1 saturated heterocycles. The van der Waals surface area contributed by atoms with E-state index in [2.05, 4.69) is 34.5 Å². The zero-order chi connectivity index (χ0) is 11.9. The predicted octanol–water partition coefficient (Wildman–Crippen LogP) is 0.889. The molecule has 2 rings (SSSR count). The standard InChI is InChI=1S/C13H21N3O/c14-5-6-15-13-3-1-12(2-4-13)11-16-7-9-17-10-8-16/h1-4,15H,5-11,14H2. The van der Waals surface area contributed by atoms with Gasteiger partial charge in [0.25, 0.3) is 0 Å². The van der Waals surface area contributed by atoms with Gasteiger partial charge < -0.3 is 15.8 Å². The van der Waals surface area contributed by atoms with E-state index in [1.54, 1.807) is 0 Å². The van der Waals surface area contributed by atoms with Gasteiger partial charge in [0.1, 0.15) is 0 Å². The van der Waals surface area contributed by atoms with Crippen LogP contribution < -0.4 is 11.1 Å². The molecule has 0 unspecified atom stereocenters. The Hall–Kier alpha value is -1.10. The highest BCUT2D eigenvalue weighted by Gasteiger charge is 2.10. The summed E-state index contributed by atoms with van der Waals surface area (Å²) < 4.78 is 5.34. The summed E-state index contributed by atoms with van der Waals surface area (Å²) in [6.45, 7) is 6.28. The summed E-state index contributed by atoms with van der Waals surface area (Å²) in [4.78, 5) is 2.42. The third-order valence-electron chi connectivity index (χ3n) is 2.94. The molecule has 1 aliphatic heterocycles. The first-order valence-electron chi connectivity index (χ1n) is 6.21. The molecule has 0 atom stereocenters. The highest BCUT2D eigenvalue weighted by Crippen LogP contribution is 2.12. The van der Waals surface area contributed by atoms with E-state index in [0.29, 0.717) is 6.54 Å². The van der Waals surface area contributed by atoms with E-state index in [4.69, 9.17) is 10.5 Å². The van der Waals surface area contributed by atoms with E-state index < -0.39 is 0 Å². The van der Waals surface area contributed by atoms with Gasteiger partial charge in [0.05, 0.1) is 13.2 Å². The molecule has 0 radical (unpaired) electrons. The van der Waals surface area contributed by atoms with Gasteiger partial charge in [-0.1, -0.05) is 12.1 Å². The SMILES string of the molecule is NCCNc1ccc(CN2CCOCC2)cc1. The summed E-state index contributed by atoms with van der Waals surface area (Å²) in [5.41, 5.74) is 7.94. The first-order valence-corrected chi connectivity index (χ1v) is 6.21. The minimum absolute atomic E-state index is 0.662. The second kappa shape index (κ2) is 6.59. The Balaban J connectivity index is 1.84. The molecule has 0 saturated carbocycles. The largest absolute Gasteiger partial charge is 0.384 e. The van der Waals surface area contributed by atoms with Crippen LogP contribution in [0.3, 0.4) is 0 Å². The molecule has 0 amide bonds. The van der Waals surface area contributed by atoms with Crippen LogP contribution in [0, 0.1) is 0 Å². The van der Waals surface area contributed by atoms with E-state index in [0.717, 1.165) is 45.1 Å². The molecule has 1 fully saturated rings. The second-order valence-corrected chi connectivity index (χ2v) is 4.30. The molecule has 0 aliphatic carbocycles. The molecule has 0 bridgehead atoms. The minimum atomic E-state index is 0.662. The van der Waals surface area contributed by atoms with Crippen molar-refractivity contribution in [1.29, 1.82) is 0 Å². The molecule has 1 heterocycles. The quantitative estimate of drug-likeness (QED) is 0.796. The summed E-state index contributed by atoms with van der Waals surface area (Å²) in [5, 5.41) is 3.27. The van der Waals surface area contributed by atoms with Gasteiger partial charge in [0.2, 0.25) is 0 Å². The van der Waals surface area contributed by atoms with Crippen molar-refractivity contribution in [3.63, 3.8) is 0 Å². The Bertz CT molecular complexity index is 320. The van der Waals surface area contributed by atoms with Crippen LogP contribution in [0.5, 0.6) is 0 Å². The number of hydrogen-bond donors (Lipinski definition) is 2. The molecule has 3 N–H and O–H groups in total. The Morgan fingerprint density at radius 3 is 2.53 bits per heavy atom. The van der Waals surface area contributed by atoms with Crippen molar-refractivity contribution in [2.24, 2.45) is 5.73 Å². The van der Waals surface area contributed by atoms with Crippen molar-refractivity contribution in [2.45, 2.75) is 6.54 Å². The molecule has 94 valence electrons. The van der Waals surface area contributed by atoms with Gasteiger partial charge in [0.15, 0.2) is 0 Å². The van der Waals surface area contributed by atoms with Crippen molar-refractivity contribution in [2.75, 3.05) is 44.7 Å². The number of morpholine rings is 1. The lowest BCUT2D eigenvalue weighted by molar-refractivity contribution is 0.0342. The van der Waals surface area contributed by atoms with E-state index >= 15 is 0 Å². The molecule has 1 aliphatic rings. The maximum absolute atomic E-state index is 5.45. The number of anilines is 1. The third-order valence-corrected chi connectivity index (χ3v) is 2.94. The predicted molar refractivity (Wildman–Crippen MR) is 70.1 cm³/mol. The summed E-state index contributed by atoms with van der Waals surface area (Å²) in [5.74, 6) is 0. The average Bonchev–Trinajstić information content (AvgIpc) is 2.39. The maximum atomic E-state index is 5.45. The van der Waals surface area contributed by atoms with Gasteiger partial charge in [-0.15, -0.1) is 0 Å². The number of nitrogens with zero attached hydrogens (tertiary/aromatic N) is 1. The van der Waals surface area contributed by atoms with Crippen LogP contribution in [-0.4, -0.2) is 44.3 Å². The van der Waals surface area contributed by atoms with Gasteiger partial charge in [-0.3, -0.25) is 4.90 Å². The zero-order valence-corrected chi connectivity index (χ0v) is 10.2. The fourth-order valence-electron chi connectivity index (χ4n) is 1.96. The fraction of sp³-hybridized carbons (Fsp3) is 0.538. The lowest BCUT2D eigenvalue weighted by Gasteiger charge is -2.26. The first-order chi connectivity index (χ1) is 8.38. The van der Waals surface area contributed by atoms with Crippen molar-refractivity contribution in [1.82, 2.24) is 4.90 Å². The van der Waals surface area contributed by atoms with Gasteiger partial charge in [0, 0.05) is 38.4 Å². The van der Waals surface area contributed by atoms with E-state index in [1.165, 1.54) is 5.56 Å². The summed E-state index contributed by atoms with van der Waals surface area (Å²) in [7, 11) is 0. The molecular weight excluding hydrogens is 214 g/mol. The van der Waals surface area contributed by atoms with Gasteiger partial charge in [-0.2, -0.15) is 0 Å². The van der Waals surface area contributed by atoms with Crippen molar-refractivity contribution >= 4 is 5.69 Å². The normalized spacial score (nSPS) is 17.0. The summed E-state index contributed by atoms with van der Waals surface area (Å²) in [6.07, 6.45) is 0. The topological polar surface area (TPSA) is 50.5 Å². The molecule has 0 aromatic heterocycles. The molecule has 0 spiro atoms. The molecular formula is C13H21N3O. The summed E-state index contributed by atoms with van der Waals surface area (Å²) in [6, 6.07) is 8.58. The first kappa shape index (κ1) is 12.4. The molecule has 4 nitrogen and oxygen atoms in total. The smallest absolute Gasteiger partial charge is 0.0594 e. The van der Waals surface area contributed by atoms with Crippen LogP contribution in [0.4, 0.5) is 5.69 Å². The van der Waals surface area contributed by atoms with E-state index in [9.17, 15) is 0 Å². The molecule has 1 aromatic carbocycles.